The Balaban J connectivity index is 2.74. The number of nitrogen functional groups attached to an aromatic ring is 2. The van der Waals surface area contributed by atoms with E-state index in [4.69, 9.17) is 11.6 Å². The van der Waals surface area contributed by atoms with Crippen LogP contribution in [0.2, 0.25) is 0 Å². The molecule has 0 bridgehead atoms. The van der Waals surface area contributed by atoms with Crippen LogP contribution in [0.25, 0.3) is 10.9 Å². The second-order valence-corrected chi connectivity index (χ2v) is 2.78. The molecule has 0 unspecified atom stereocenters. The van der Waals surface area contributed by atoms with Gasteiger partial charge in [-0.2, -0.15) is 0 Å². The highest BCUT2D eigenvalue weighted by Gasteiger charge is 1.98. The summed E-state index contributed by atoms with van der Waals surface area (Å²) in [5, 5.41) is 0.915. The Hall–Kier alpha value is -1.81. The number of nitrogens with zero attached hydrogens (tertiary/aromatic N) is 1. The average Bonchev–Trinajstić information content (AvgIpc) is 2.18. The quantitative estimate of drug-likeness (QED) is 0.447. The first-order valence-electron chi connectivity index (χ1n) is 3.92. The molecule has 2 aromatic rings. The van der Waals surface area contributed by atoms with E-state index >= 15 is 0 Å². The Labute approximate surface area is 75.5 Å². The highest BCUT2D eigenvalue weighted by Crippen LogP contribution is 2.21. The summed E-state index contributed by atoms with van der Waals surface area (Å²) in [4.78, 5) is 4.17. The number of pyridine rings is 1. The van der Waals surface area contributed by atoms with E-state index < -0.39 is 0 Å². The van der Waals surface area contributed by atoms with Crippen LogP contribution >= 0.6 is 0 Å². The van der Waals surface area contributed by atoms with Gasteiger partial charge in [0, 0.05) is 23.0 Å². The Morgan fingerprint density at radius 3 is 2.85 bits per heavy atom. The maximum absolute atomic E-state index is 5.77. The van der Waals surface area contributed by atoms with Crippen molar-refractivity contribution in [3.8, 4) is 0 Å². The van der Waals surface area contributed by atoms with Crippen molar-refractivity contribution >= 4 is 22.3 Å². The number of fused-ring (bicyclic) bond motifs is 1. The minimum absolute atomic E-state index is 0.710. The van der Waals surface area contributed by atoms with Crippen LogP contribution in [0, 0.1) is 0 Å². The monoisotopic (exact) mass is 174 g/mol. The molecule has 0 aliphatic heterocycles. The number of benzene rings is 1. The van der Waals surface area contributed by atoms with Crippen molar-refractivity contribution in [2.45, 2.75) is 0 Å². The number of hydrogen-bond donors (Lipinski definition) is 3. The Morgan fingerprint density at radius 1 is 1.23 bits per heavy atom. The van der Waals surface area contributed by atoms with E-state index in [9.17, 15) is 0 Å². The molecule has 2 rings (SSSR count). The van der Waals surface area contributed by atoms with Crippen molar-refractivity contribution in [3.05, 3.63) is 30.5 Å². The number of aromatic nitrogens is 1. The average molecular weight is 174 g/mol. The van der Waals surface area contributed by atoms with Crippen LogP contribution in [-0.2, 0) is 0 Å². The summed E-state index contributed by atoms with van der Waals surface area (Å²) in [6.45, 7) is 0. The number of rotatable bonds is 1. The predicted molar refractivity (Wildman–Crippen MR) is 54.0 cm³/mol. The van der Waals surface area contributed by atoms with Crippen LogP contribution < -0.4 is 17.0 Å². The predicted octanol–water partition coefficient (Wildman–Crippen LogP) is 1.10. The third-order valence-corrected chi connectivity index (χ3v) is 1.94. The Bertz CT molecular complexity index is 439. The fourth-order valence-electron chi connectivity index (χ4n) is 1.26. The van der Waals surface area contributed by atoms with Crippen molar-refractivity contribution in [1.29, 1.82) is 0 Å². The topological polar surface area (TPSA) is 77.0 Å². The van der Waals surface area contributed by atoms with Gasteiger partial charge in [0.15, 0.2) is 0 Å². The molecular formula is C9H10N4. The minimum Gasteiger partial charge on any atom is -0.398 e. The van der Waals surface area contributed by atoms with E-state index in [1.54, 1.807) is 12.3 Å². The van der Waals surface area contributed by atoms with Crippen molar-refractivity contribution in [1.82, 2.24) is 4.98 Å². The Kier molecular flexibility index (Phi) is 1.75. The van der Waals surface area contributed by atoms with Gasteiger partial charge in [0.2, 0.25) is 0 Å². The van der Waals surface area contributed by atoms with Crippen molar-refractivity contribution in [3.63, 3.8) is 0 Å². The zero-order valence-electron chi connectivity index (χ0n) is 6.99. The summed E-state index contributed by atoms with van der Waals surface area (Å²) in [6.07, 6.45) is 1.69. The van der Waals surface area contributed by atoms with Gasteiger partial charge in [-0.05, 0) is 24.3 Å². The third-order valence-electron chi connectivity index (χ3n) is 1.94. The molecule has 0 aliphatic carbocycles. The van der Waals surface area contributed by atoms with Crippen LogP contribution in [0.5, 0.6) is 0 Å². The van der Waals surface area contributed by atoms with Gasteiger partial charge in [-0.1, -0.05) is 0 Å². The van der Waals surface area contributed by atoms with Gasteiger partial charge in [-0.3, -0.25) is 10.8 Å². The molecule has 4 heteroatoms. The zero-order chi connectivity index (χ0) is 9.26. The molecule has 1 heterocycles. The summed E-state index contributed by atoms with van der Waals surface area (Å²) >= 11 is 0. The van der Waals surface area contributed by atoms with Crippen LogP contribution in [0.15, 0.2) is 30.5 Å². The van der Waals surface area contributed by atoms with E-state index in [-0.39, 0.29) is 0 Å². The maximum atomic E-state index is 5.77. The van der Waals surface area contributed by atoms with Crippen LogP contribution in [-0.4, -0.2) is 4.98 Å². The van der Waals surface area contributed by atoms with Crippen molar-refractivity contribution in [2.75, 3.05) is 11.2 Å². The highest BCUT2D eigenvalue weighted by molar-refractivity contribution is 5.92. The van der Waals surface area contributed by atoms with Crippen molar-refractivity contribution < 1.29 is 0 Å². The molecule has 13 heavy (non-hydrogen) atoms. The first-order chi connectivity index (χ1) is 6.31. The van der Waals surface area contributed by atoms with Gasteiger partial charge < -0.3 is 11.2 Å². The van der Waals surface area contributed by atoms with E-state index in [2.05, 4.69) is 10.4 Å². The first-order valence-corrected chi connectivity index (χ1v) is 3.92. The molecule has 0 amide bonds. The van der Waals surface area contributed by atoms with Crippen LogP contribution in [0.4, 0.5) is 11.4 Å². The Morgan fingerprint density at radius 2 is 2.08 bits per heavy atom. The lowest BCUT2D eigenvalue weighted by Crippen LogP contribution is -2.06. The summed E-state index contributed by atoms with van der Waals surface area (Å²) in [7, 11) is 0. The van der Waals surface area contributed by atoms with Gasteiger partial charge in [0.05, 0.1) is 5.52 Å². The number of hydrogen-bond acceptors (Lipinski definition) is 4. The van der Waals surface area contributed by atoms with Gasteiger partial charge in [-0.25, -0.2) is 0 Å². The van der Waals surface area contributed by atoms with E-state index in [0.29, 0.717) is 5.69 Å². The standard InChI is InChI=1S/C9H10N4/c10-8-3-4-12-9-2-1-6(13-11)5-7(8)9/h1-5,13H,11H2,(H2,10,12). The SMILES string of the molecule is NNc1ccc2nccc(N)c2c1. The lowest BCUT2D eigenvalue weighted by atomic mass is 10.2. The second kappa shape index (κ2) is 2.91. The molecule has 0 radical (unpaired) electrons. The number of nitrogens with two attached hydrogens (primary N) is 2. The third kappa shape index (κ3) is 1.27. The smallest absolute Gasteiger partial charge is 0.0724 e. The van der Waals surface area contributed by atoms with E-state index in [0.717, 1.165) is 16.6 Å². The van der Waals surface area contributed by atoms with Gasteiger partial charge >= 0.3 is 0 Å². The first kappa shape index (κ1) is 7.82. The van der Waals surface area contributed by atoms with Gasteiger partial charge in [-0.15, -0.1) is 0 Å². The summed E-state index contributed by atoms with van der Waals surface area (Å²) < 4.78 is 0. The molecule has 1 aromatic carbocycles. The van der Waals surface area contributed by atoms with Crippen LogP contribution in [0.3, 0.4) is 0 Å². The van der Waals surface area contributed by atoms with Crippen LogP contribution in [0.1, 0.15) is 0 Å². The molecule has 0 saturated carbocycles. The fourth-order valence-corrected chi connectivity index (χ4v) is 1.26. The molecule has 5 N–H and O–H groups in total. The number of anilines is 2. The summed E-state index contributed by atoms with van der Waals surface area (Å²) in [5.74, 6) is 5.28. The molecule has 66 valence electrons. The molecule has 0 saturated heterocycles. The van der Waals surface area contributed by atoms with Crippen molar-refractivity contribution in [2.24, 2.45) is 5.84 Å². The number of hydrazine groups is 1. The molecule has 0 atom stereocenters. The largest absolute Gasteiger partial charge is 0.398 e. The molecule has 1 aromatic heterocycles. The van der Waals surface area contributed by atoms with Gasteiger partial charge in [0.1, 0.15) is 0 Å². The lowest BCUT2D eigenvalue weighted by Gasteiger charge is -2.03. The zero-order valence-corrected chi connectivity index (χ0v) is 6.99. The maximum Gasteiger partial charge on any atom is 0.0724 e. The summed E-state index contributed by atoms with van der Waals surface area (Å²) in [5.41, 5.74) is 10.7. The number of nitrogens with one attached hydrogen (secondary N) is 1. The molecule has 0 spiro atoms. The minimum atomic E-state index is 0.710. The molecule has 0 aliphatic rings. The fraction of sp³-hybridized carbons (Fsp3) is 0. The summed E-state index contributed by atoms with van der Waals surface area (Å²) in [6, 6.07) is 7.37. The lowest BCUT2D eigenvalue weighted by molar-refractivity contribution is 1.35. The highest BCUT2D eigenvalue weighted by atomic mass is 15.2. The van der Waals surface area contributed by atoms with E-state index in [1.807, 2.05) is 18.2 Å². The molecular weight excluding hydrogens is 164 g/mol. The van der Waals surface area contributed by atoms with Gasteiger partial charge in [0.25, 0.3) is 0 Å². The molecule has 4 nitrogen and oxygen atoms in total. The normalized spacial score (nSPS) is 10.2. The van der Waals surface area contributed by atoms with E-state index in [1.165, 1.54) is 0 Å². The second-order valence-electron chi connectivity index (χ2n) is 2.78. The molecule has 0 fully saturated rings.